The molecule has 0 bridgehead atoms. The monoisotopic (exact) mass is 550 g/mol. The Hall–Kier alpha value is -3.44. The van der Waals surface area contributed by atoms with Gasteiger partial charge in [-0.15, -0.1) is 0 Å². The fourth-order valence-electron chi connectivity index (χ4n) is 3.81. The fourth-order valence-corrected chi connectivity index (χ4v) is 4.80. The summed E-state index contributed by atoms with van der Waals surface area (Å²) in [5.41, 5.74) is 1.52. The Morgan fingerprint density at radius 3 is 2.54 bits per heavy atom. The molecule has 1 amide bonds. The van der Waals surface area contributed by atoms with Crippen molar-refractivity contribution in [2.24, 2.45) is 0 Å². The first-order chi connectivity index (χ1) is 17.4. The standard InChI is InChI=1S/C25H22ClF3N4O3S/c1-3-37(35,36)20-7-6-19(30-14-20)13-31-24(34)17-8-9-33-15(2)22(32-23(33)11-17)10-16-4-5-18(26)12-21(16)25(27,28)29/h4-9,11-12,14H,3,10,13H2,1-2H3,(H,31,34). The molecule has 37 heavy (non-hydrogen) atoms. The maximum Gasteiger partial charge on any atom is 0.416 e. The Balaban J connectivity index is 1.52. The second-order valence-corrected chi connectivity index (χ2v) is 11.0. The Labute approximate surface area is 216 Å². The first kappa shape index (κ1) is 26.6. The van der Waals surface area contributed by atoms with Crippen LogP contribution in [0, 0.1) is 6.92 Å². The van der Waals surface area contributed by atoms with Gasteiger partial charge in [-0.05, 0) is 48.9 Å². The average molecular weight is 551 g/mol. The van der Waals surface area contributed by atoms with Gasteiger partial charge in [0.15, 0.2) is 9.84 Å². The normalized spacial score (nSPS) is 12.2. The van der Waals surface area contributed by atoms with E-state index >= 15 is 0 Å². The number of amides is 1. The van der Waals surface area contributed by atoms with Crippen LogP contribution in [0.1, 0.15) is 45.5 Å². The number of nitrogens with one attached hydrogen (secondary N) is 1. The van der Waals surface area contributed by atoms with Gasteiger partial charge in [-0.2, -0.15) is 13.2 Å². The molecule has 194 valence electrons. The minimum absolute atomic E-state index is 0.00408. The Kier molecular flexibility index (Phi) is 7.29. The van der Waals surface area contributed by atoms with Crippen LogP contribution >= 0.6 is 11.6 Å². The number of alkyl halides is 3. The van der Waals surface area contributed by atoms with Crippen LogP contribution in [0.2, 0.25) is 5.02 Å². The van der Waals surface area contributed by atoms with E-state index in [-0.39, 0.29) is 34.2 Å². The van der Waals surface area contributed by atoms with Crippen molar-refractivity contribution in [3.8, 4) is 0 Å². The summed E-state index contributed by atoms with van der Waals surface area (Å²) in [4.78, 5) is 21.4. The number of hydrogen-bond donors (Lipinski definition) is 1. The number of aryl methyl sites for hydroxylation is 1. The van der Waals surface area contributed by atoms with Gasteiger partial charge in [-0.3, -0.25) is 9.78 Å². The van der Waals surface area contributed by atoms with Crippen LogP contribution in [0.5, 0.6) is 0 Å². The van der Waals surface area contributed by atoms with Gasteiger partial charge in [0.2, 0.25) is 0 Å². The van der Waals surface area contributed by atoms with Crippen LogP contribution in [0.4, 0.5) is 13.2 Å². The van der Waals surface area contributed by atoms with Gasteiger partial charge in [0.05, 0.1) is 34.1 Å². The van der Waals surface area contributed by atoms with E-state index in [1.165, 1.54) is 30.5 Å². The van der Waals surface area contributed by atoms with Crippen molar-refractivity contribution in [1.82, 2.24) is 19.7 Å². The lowest BCUT2D eigenvalue weighted by Gasteiger charge is -2.12. The smallest absolute Gasteiger partial charge is 0.346 e. The highest BCUT2D eigenvalue weighted by atomic mass is 35.5. The van der Waals surface area contributed by atoms with Crippen molar-refractivity contribution in [1.29, 1.82) is 0 Å². The number of carbonyl (C=O) groups excluding carboxylic acids is 1. The summed E-state index contributed by atoms with van der Waals surface area (Å²) in [5, 5.41) is 2.71. The number of fused-ring (bicyclic) bond motifs is 1. The topological polar surface area (TPSA) is 93.4 Å². The molecular formula is C25H22ClF3N4O3S. The molecule has 1 N–H and O–H groups in total. The molecule has 0 atom stereocenters. The Morgan fingerprint density at radius 2 is 1.89 bits per heavy atom. The molecule has 0 aliphatic carbocycles. The second kappa shape index (κ2) is 10.1. The zero-order chi connectivity index (χ0) is 27.0. The molecule has 0 saturated heterocycles. The molecule has 12 heteroatoms. The third kappa shape index (κ3) is 5.78. The van der Waals surface area contributed by atoms with E-state index in [4.69, 9.17) is 11.6 Å². The van der Waals surface area contributed by atoms with Crippen molar-refractivity contribution in [3.05, 3.63) is 93.7 Å². The zero-order valence-corrected chi connectivity index (χ0v) is 21.4. The molecule has 4 aromatic rings. The lowest BCUT2D eigenvalue weighted by atomic mass is 10.0. The molecule has 0 fully saturated rings. The van der Waals surface area contributed by atoms with Gasteiger partial charge in [-0.25, -0.2) is 13.4 Å². The summed E-state index contributed by atoms with van der Waals surface area (Å²) in [7, 11) is -3.36. The number of carbonyl (C=O) groups is 1. The number of benzene rings is 1. The van der Waals surface area contributed by atoms with Gasteiger partial charge in [-0.1, -0.05) is 24.6 Å². The van der Waals surface area contributed by atoms with Crippen molar-refractivity contribution in [3.63, 3.8) is 0 Å². The predicted octanol–water partition coefficient (Wildman–Crippen LogP) is 5.02. The quantitative estimate of drug-likeness (QED) is 0.348. The lowest BCUT2D eigenvalue weighted by molar-refractivity contribution is -0.138. The lowest BCUT2D eigenvalue weighted by Crippen LogP contribution is -2.23. The molecule has 1 aromatic carbocycles. The van der Waals surface area contributed by atoms with Crippen molar-refractivity contribution >= 4 is 33.0 Å². The van der Waals surface area contributed by atoms with Crippen LogP contribution in [0.15, 0.2) is 59.8 Å². The van der Waals surface area contributed by atoms with E-state index in [1.807, 2.05) is 0 Å². The number of nitrogens with zero attached hydrogens (tertiary/aromatic N) is 3. The summed E-state index contributed by atoms with van der Waals surface area (Å²) < 4.78 is 66.0. The predicted molar refractivity (Wildman–Crippen MR) is 132 cm³/mol. The summed E-state index contributed by atoms with van der Waals surface area (Å²) in [6.07, 6.45) is -1.73. The molecule has 4 rings (SSSR count). The number of sulfone groups is 1. The molecule has 7 nitrogen and oxygen atoms in total. The summed E-state index contributed by atoms with van der Waals surface area (Å²) in [5.74, 6) is -0.445. The molecular weight excluding hydrogens is 529 g/mol. The number of imidazole rings is 1. The van der Waals surface area contributed by atoms with E-state index in [0.717, 1.165) is 6.07 Å². The molecule has 0 saturated carbocycles. The zero-order valence-electron chi connectivity index (χ0n) is 19.8. The summed E-state index contributed by atoms with van der Waals surface area (Å²) >= 11 is 5.78. The van der Waals surface area contributed by atoms with Gasteiger partial charge >= 0.3 is 6.18 Å². The van der Waals surface area contributed by atoms with Crippen LogP contribution in [-0.4, -0.2) is 34.4 Å². The molecule has 3 heterocycles. The van der Waals surface area contributed by atoms with Gasteiger partial charge in [0.1, 0.15) is 5.65 Å². The van der Waals surface area contributed by atoms with E-state index in [2.05, 4.69) is 15.3 Å². The highest BCUT2D eigenvalue weighted by Crippen LogP contribution is 2.35. The number of pyridine rings is 2. The Morgan fingerprint density at radius 1 is 1.14 bits per heavy atom. The molecule has 0 spiro atoms. The van der Waals surface area contributed by atoms with Gasteiger partial charge in [0, 0.05) is 35.1 Å². The minimum Gasteiger partial charge on any atom is -0.346 e. The third-order valence-corrected chi connectivity index (χ3v) is 7.88. The maximum absolute atomic E-state index is 13.5. The average Bonchev–Trinajstić information content (AvgIpc) is 3.17. The number of rotatable bonds is 7. The van der Waals surface area contributed by atoms with Gasteiger partial charge in [0.25, 0.3) is 5.91 Å². The molecule has 0 unspecified atom stereocenters. The van der Waals surface area contributed by atoms with Crippen LogP contribution in [0.25, 0.3) is 5.65 Å². The molecule has 0 aliphatic rings. The Bertz CT molecular complexity index is 1580. The first-order valence-electron chi connectivity index (χ1n) is 11.2. The van der Waals surface area contributed by atoms with Crippen LogP contribution in [-0.2, 0) is 29.0 Å². The van der Waals surface area contributed by atoms with E-state index in [9.17, 15) is 26.4 Å². The van der Waals surface area contributed by atoms with Crippen molar-refractivity contribution < 1.29 is 26.4 Å². The summed E-state index contributed by atoms with van der Waals surface area (Å²) in [6, 6.07) is 9.74. The van der Waals surface area contributed by atoms with Crippen molar-refractivity contribution in [2.75, 3.05) is 5.75 Å². The van der Waals surface area contributed by atoms with E-state index in [0.29, 0.717) is 28.3 Å². The number of aromatic nitrogens is 3. The highest BCUT2D eigenvalue weighted by Gasteiger charge is 2.33. The van der Waals surface area contributed by atoms with Crippen LogP contribution < -0.4 is 5.32 Å². The minimum atomic E-state index is -4.56. The highest BCUT2D eigenvalue weighted by molar-refractivity contribution is 7.91. The van der Waals surface area contributed by atoms with Crippen molar-refractivity contribution in [2.45, 2.75) is 37.9 Å². The number of hydrogen-bond acceptors (Lipinski definition) is 5. The fraction of sp³-hybridized carbons (Fsp3) is 0.240. The maximum atomic E-state index is 13.5. The first-order valence-corrected chi connectivity index (χ1v) is 13.2. The SMILES string of the molecule is CCS(=O)(=O)c1ccc(CNC(=O)c2ccn3c(C)c(Cc4ccc(Cl)cc4C(F)(F)F)nc3c2)nc1. The molecule has 3 aromatic heterocycles. The van der Waals surface area contributed by atoms with E-state index < -0.39 is 27.5 Å². The molecule has 0 radical (unpaired) electrons. The second-order valence-electron chi connectivity index (χ2n) is 8.33. The number of halogens is 4. The third-order valence-electron chi connectivity index (χ3n) is 5.93. The largest absolute Gasteiger partial charge is 0.416 e. The van der Waals surface area contributed by atoms with E-state index in [1.54, 1.807) is 36.6 Å². The molecule has 0 aliphatic heterocycles. The van der Waals surface area contributed by atoms with Crippen LogP contribution in [0.3, 0.4) is 0 Å². The summed E-state index contributed by atoms with van der Waals surface area (Å²) in [6.45, 7) is 3.36. The van der Waals surface area contributed by atoms with Gasteiger partial charge < -0.3 is 9.72 Å².